The Hall–Kier alpha value is -3.82. The van der Waals surface area contributed by atoms with E-state index in [1.54, 1.807) is 4.90 Å². The molecule has 3 aliphatic rings. The van der Waals surface area contributed by atoms with Gasteiger partial charge in [0, 0.05) is 37.2 Å². The maximum Gasteiger partial charge on any atom is 0.341 e. The Labute approximate surface area is 234 Å². The van der Waals surface area contributed by atoms with Crippen LogP contribution in [0.1, 0.15) is 48.5 Å². The lowest BCUT2D eigenvalue weighted by molar-refractivity contribution is -0.170. The third kappa shape index (κ3) is 5.69. The smallest absolute Gasteiger partial charge is 0.341 e. The number of hydrogen-bond acceptors (Lipinski definition) is 8. The van der Waals surface area contributed by atoms with E-state index in [0.29, 0.717) is 13.1 Å². The summed E-state index contributed by atoms with van der Waals surface area (Å²) < 4.78 is 30.2. The number of carboxylic acid groups (broad SMARTS) is 4. The molecule has 0 amide bonds. The number of benzene rings is 1. The van der Waals surface area contributed by atoms with Crippen LogP contribution in [-0.2, 0) is 14.4 Å². The van der Waals surface area contributed by atoms with Crippen LogP contribution in [-0.4, -0.2) is 84.9 Å². The number of carbonyl (C=O) groups is 4. The van der Waals surface area contributed by atoms with Crippen molar-refractivity contribution in [1.29, 1.82) is 0 Å². The highest BCUT2D eigenvalue weighted by molar-refractivity contribution is 6.38. The van der Waals surface area contributed by atoms with Gasteiger partial charge < -0.3 is 40.7 Å². The molecule has 0 radical (unpaired) electrons. The molecule has 2 aliphatic carbocycles. The van der Waals surface area contributed by atoms with E-state index in [1.165, 1.54) is 4.57 Å². The number of aromatic nitrogens is 1. The summed E-state index contributed by atoms with van der Waals surface area (Å²) in [4.78, 5) is 56.3. The van der Waals surface area contributed by atoms with Crippen molar-refractivity contribution in [2.24, 2.45) is 11.1 Å². The van der Waals surface area contributed by atoms with Gasteiger partial charge >= 0.3 is 23.9 Å². The monoisotopic (exact) mass is 601 g/mol. The molecule has 1 aliphatic heterocycles. The van der Waals surface area contributed by atoms with Crippen molar-refractivity contribution in [3.05, 3.63) is 38.9 Å². The SMILES string of the molecule is N[C@@H]1CN(c2c(F)cc3c(=O)c(C(=O)O)cn([C@@H]4C[C@@H]4F)c3c2Cl)CC12CC2.O=C(O)CC(O)(CC(=O)O)C(=O)O. The molecule has 5 rings (SSSR count). The van der Waals surface area contributed by atoms with Gasteiger partial charge in [-0.3, -0.25) is 14.4 Å². The lowest BCUT2D eigenvalue weighted by Gasteiger charge is -2.23. The highest BCUT2D eigenvalue weighted by Crippen LogP contribution is 2.54. The molecule has 0 unspecified atom stereocenters. The van der Waals surface area contributed by atoms with Crippen molar-refractivity contribution in [1.82, 2.24) is 4.57 Å². The summed E-state index contributed by atoms with van der Waals surface area (Å²) in [6, 6.07) is 0.308. The van der Waals surface area contributed by atoms with E-state index in [4.69, 9.17) is 37.8 Å². The lowest BCUT2D eigenvalue weighted by atomic mass is 9.96. The first-order valence-corrected chi connectivity index (χ1v) is 12.7. The molecule has 1 aromatic heterocycles. The first-order chi connectivity index (χ1) is 19.0. The van der Waals surface area contributed by atoms with Crippen molar-refractivity contribution < 1.29 is 53.5 Å². The number of aromatic carboxylic acids is 1. The number of nitrogens with two attached hydrogens (primary N) is 1. The van der Waals surface area contributed by atoms with Gasteiger partial charge in [0.1, 0.15) is 17.6 Å². The maximum absolute atomic E-state index is 15.0. The highest BCUT2D eigenvalue weighted by Gasteiger charge is 2.54. The first-order valence-electron chi connectivity index (χ1n) is 12.4. The number of aliphatic carboxylic acids is 3. The minimum atomic E-state index is -2.74. The summed E-state index contributed by atoms with van der Waals surface area (Å²) in [7, 11) is 0. The molecule has 1 saturated heterocycles. The van der Waals surface area contributed by atoms with E-state index in [9.17, 15) is 33.5 Å². The summed E-state index contributed by atoms with van der Waals surface area (Å²) in [5.41, 5.74) is 2.41. The molecule has 3 atom stereocenters. The van der Waals surface area contributed by atoms with Crippen LogP contribution in [0.2, 0.25) is 5.02 Å². The molecule has 1 aromatic carbocycles. The second-order valence-corrected chi connectivity index (χ2v) is 11.0. The van der Waals surface area contributed by atoms with Crippen molar-refractivity contribution in [2.75, 3.05) is 18.0 Å². The first kappa shape index (κ1) is 30.1. The number of aliphatic hydroxyl groups is 1. The molecular formula is C25H26ClF2N3O10. The van der Waals surface area contributed by atoms with Crippen LogP contribution < -0.4 is 16.1 Å². The van der Waals surface area contributed by atoms with Crippen molar-refractivity contribution in [3.63, 3.8) is 0 Å². The fourth-order valence-corrected chi connectivity index (χ4v) is 5.55. The molecule has 13 nitrogen and oxygen atoms in total. The lowest BCUT2D eigenvalue weighted by Crippen LogP contribution is -2.42. The van der Waals surface area contributed by atoms with Gasteiger partial charge in [-0.2, -0.15) is 0 Å². The van der Waals surface area contributed by atoms with E-state index in [0.717, 1.165) is 25.1 Å². The molecule has 0 bridgehead atoms. The largest absolute Gasteiger partial charge is 0.481 e. The third-order valence-electron chi connectivity index (χ3n) is 7.66. The minimum absolute atomic E-state index is 0.00645. The third-order valence-corrected chi connectivity index (χ3v) is 8.01. The van der Waals surface area contributed by atoms with Crippen molar-refractivity contribution in [2.45, 2.75) is 56.0 Å². The van der Waals surface area contributed by atoms with Crippen LogP contribution in [0.3, 0.4) is 0 Å². The van der Waals surface area contributed by atoms with Gasteiger partial charge in [-0.05, 0) is 18.9 Å². The number of nitrogens with zero attached hydrogens (tertiary/aromatic N) is 2. The number of alkyl halides is 1. The maximum atomic E-state index is 15.0. The van der Waals surface area contributed by atoms with Gasteiger partial charge in [0.2, 0.25) is 5.43 Å². The fraction of sp³-hybridized carbons (Fsp3) is 0.480. The molecule has 2 heterocycles. The molecule has 1 spiro atoms. The second kappa shape index (κ2) is 10.5. The zero-order valence-corrected chi connectivity index (χ0v) is 22.0. The van der Waals surface area contributed by atoms with Crippen LogP contribution in [0.4, 0.5) is 14.5 Å². The highest BCUT2D eigenvalue weighted by atomic mass is 35.5. The number of hydrogen-bond donors (Lipinski definition) is 6. The Morgan fingerprint density at radius 1 is 1.12 bits per heavy atom. The van der Waals surface area contributed by atoms with E-state index in [1.807, 2.05) is 0 Å². The summed E-state index contributed by atoms with van der Waals surface area (Å²) in [6.07, 6.45) is -0.179. The van der Waals surface area contributed by atoms with Gasteiger partial charge in [0.15, 0.2) is 5.60 Å². The number of carboxylic acids is 4. The van der Waals surface area contributed by atoms with E-state index < -0.39 is 71.3 Å². The quantitative estimate of drug-likeness (QED) is 0.253. The van der Waals surface area contributed by atoms with Crippen LogP contribution in [0.15, 0.2) is 17.1 Å². The van der Waals surface area contributed by atoms with Gasteiger partial charge in [-0.1, -0.05) is 11.6 Å². The summed E-state index contributed by atoms with van der Waals surface area (Å²) >= 11 is 6.56. The van der Waals surface area contributed by atoms with Gasteiger partial charge in [-0.15, -0.1) is 0 Å². The topological polar surface area (TPSA) is 221 Å². The Morgan fingerprint density at radius 3 is 2.10 bits per heavy atom. The summed E-state index contributed by atoms with van der Waals surface area (Å²) in [5, 5.41) is 43.0. The average Bonchev–Trinajstić information content (AvgIpc) is 3.74. The van der Waals surface area contributed by atoms with Crippen LogP contribution >= 0.6 is 11.6 Å². The molecule has 2 aromatic rings. The molecule has 7 N–H and O–H groups in total. The second-order valence-electron chi connectivity index (χ2n) is 10.6. The van der Waals surface area contributed by atoms with Crippen LogP contribution in [0, 0.1) is 11.2 Å². The molecule has 3 fully saturated rings. The van der Waals surface area contributed by atoms with Gasteiger partial charge in [-0.25, -0.2) is 18.4 Å². The molecule has 2 saturated carbocycles. The predicted octanol–water partition coefficient (Wildman–Crippen LogP) is 1.45. The Morgan fingerprint density at radius 2 is 1.68 bits per heavy atom. The van der Waals surface area contributed by atoms with E-state index >= 15 is 4.39 Å². The Balaban J connectivity index is 0.000000254. The molecule has 16 heteroatoms. The predicted molar refractivity (Wildman–Crippen MR) is 138 cm³/mol. The number of anilines is 1. The standard InChI is InChI=1S/C19H18ClF2N3O3.C6H8O7/c20-14-15-8(17(26)9(18(27)28)5-25(15)12-4-10(12)21)3-11(22)16(14)24-6-13(23)19(7-24)1-2-19;7-3(8)1-6(13,5(11)12)2-4(9)10/h3,5,10,12-13H,1-2,4,6-7,23H2,(H,27,28);13H,1-2H2,(H,7,8)(H,9,10)(H,11,12)/t10-,12+,13+;/m0./s1. The van der Waals surface area contributed by atoms with Crippen molar-refractivity contribution in [3.8, 4) is 0 Å². The molecular weight excluding hydrogens is 576 g/mol. The average molecular weight is 602 g/mol. The van der Waals surface area contributed by atoms with Crippen LogP contribution in [0.25, 0.3) is 10.9 Å². The fourth-order valence-electron chi connectivity index (χ4n) is 5.14. The number of fused-ring (bicyclic) bond motifs is 1. The molecule has 222 valence electrons. The number of halogens is 3. The van der Waals surface area contributed by atoms with Crippen molar-refractivity contribution >= 4 is 52.1 Å². The molecule has 41 heavy (non-hydrogen) atoms. The van der Waals surface area contributed by atoms with Gasteiger partial charge in [0.05, 0.1) is 40.5 Å². The summed E-state index contributed by atoms with van der Waals surface area (Å²) in [6.45, 7) is 1.01. The number of pyridine rings is 1. The Kier molecular flexibility index (Phi) is 7.75. The summed E-state index contributed by atoms with van der Waals surface area (Å²) in [5.74, 6) is -7.17. The zero-order valence-electron chi connectivity index (χ0n) is 21.2. The van der Waals surface area contributed by atoms with Gasteiger partial charge in [0.25, 0.3) is 0 Å². The number of rotatable bonds is 8. The van der Waals surface area contributed by atoms with E-state index in [2.05, 4.69) is 0 Å². The zero-order chi connectivity index (χ0) is 30.6. The minimum Gasteiger partial charge on any atom is -0.481 e. The Bertz CT molecular complexity index is 1510. The normalized spacial score (nSPS) is 22.3. The van der Waals surface area contributed by atoms with Crippen LogP contribution in [0.5, 0.6) is 0 Å². The van der Waals surface area contributed by atoms with E-state index in [-0.39, 0.29) is 39.5 Å².